The molecule has 0 fully saturated rings. The van der Waals surface area contributed by atoms with Gasteiger partial charge in [-0.05, 0) is 40.2 Å². The summed E-state index contributed by atoms with van der Waals surface area (Å²) in [5.74, 6) is 0.932. The van der Waals surface area contributed by atoms with Crippen LogP contribution in [-0.2, 0) is 0 Å². The molecule has 1 aromatic heterocycles. The molecule has 0 saturated carbocycles. The van der Waals surface area contributed by atoms with Crippen molar-refractivity contribution in [2.45, 2.75) is 0 Å². The van der Waals surface area contributed by atoms with Crippen molar-refractivity contribution in [1.82, 2.24) is 4.98 Å². The number of aromatic nitrogens is 1. The molecular weight excluding hydrogens is 324 g/mol. The summed E-state index contributed by atoms with van der Waals surface area (Å²) < 4.78 is 11.0. The van der Waals surface area contributed by atoms with Crippen molar-refractivity contribution in [2.24, 2.45) is 0 Å². The van der Waals surface area contributed by atoms with Crippen LogP contribution in [0.4, 0.5) is 5.69 Å². The first-order valence-corrected chi connectivity index (χ1v) is 6.58. The maximum atomic E-state index is 12.1. The van der Waals surface area contributed by atoms with Gasteiger partial charge in [0, 0.05) is 12.3 Å². The first kappa shape index (κ1) is 14.3. The average Bonchev–Trinajstić information content (AvgIpc) is 2.48. The van der Waals surface area contributed by atoms with E-state index in [1.54, 1.807) is 37.4 Å². The largest absolute Gasteiger partial charge is 0.497 e. The van der Waals surface area contributed by atoms with E-state index in [1.807, 2.05) is 0 Å². The SMILES string of the molecule is COc1ccc(NC(=O)c2ccc(Br)nc2)c(OC)c1. The molecular formula is C14H13BrN2O3. The summed E-state index contributed by atoms with van der Waals surface area (Å²) in [5.41, 5.74) is 1.03. The second-order valence-electron chi connectivity index (χ2n) is 3.89. The Morgan fingerprint density at radius 1 is 1.20 bits per heavy atom. The Hall–Kier alpha value is -2.08. The van der Waals surface area contributed by atoms with Gasteiger partial charge in [0.25, 0.3) is 5.91 Å². The van der Waals surface area contributed by atoms with Crippen LogP contribution in [0.2, 0.25) is 0 Å². The Kier molecular flexibility index (Phi) is 4.57. The van der Waals surface area contributed by atoms with Crippen LogP contribution in [0.1, 0.15) is 10.4 Å². The molecule has 0 aliphatic rings. The number of anilines is 1. The Morgan fingerprint density at radius 3 is 2.60 bits per heavy atom. The summed E-state index contributed by atoms with van der Waals surface area (Å²) in [6.45, 7) is 0. The van der Waals surface area contributed by atoms with Crippen LogP contribution >= 0.6 is 15.9 Å². The molecule has 6 heteroatoms. The molecule has 0 radical (unpaired) electrons. The number of hydrogen-bond donors (Lipinski definition) is 1. The number of rotatable bonds is 4. The number of nitrogens with zero attached hydrogens (tertiary/aromatic N) is 1. The topological polar surface area (TPSA) is 60.5 Å². The van der Waals surface area contributed by atoms with Gasteiger partial charge < -0.3 is 14.8 Å². The van der Waals surface area contributed by atoms with Gasteiger partial charge in [-0.3, -0.25) is 4.79 Å². The van der Waals surface area contributed by atoms with Crippen molar-refractivity contribution >= 4 is 27.5 Å². The van der Waals surface area contributed by atoms with Crippen LogP contribution in [0.3, 0.4) is 0 Å². The summed E-state index contributed by atoms with van der Waals surface area (Å²) in [4.78, 5) is 16.1. The van der Waals surface area contributed by atoms with Crippen molar-refractivity contribution in [3.8, 4) is 11.5 Å². The molecule has 0 atom stereocenters. The highest BCUT2D eigenvalue weighted by Gasteiger charge is 2.11. The van der Waals surface area contributed by atoms with Gasteiger partial charge >= 0.3 is 0 Å². The lowest BCUT2D eigenvalue weighted by molar-refractivity contribution is 0.102. The fourth-order valence-electron chi connectivity index (χ4n) is 1.61. The van der Waals surface area contributed by atoms with Gasteiger partial charge in [-0.25, -0.2) is 4.98 Å². The molecule has 20 heavy (non-hydrogen) atoms. The zero-order valence-corrected chi connectivity index (χ0v) is 12.6. The molecule has 2 aromatic rings. The van der Waals surface area contributed by atoms with Gasteiger partial charge in [0.2, 0.25) is 0 Å². The van der Waals surface area contributed by atoms with Crippen LogP contribution in [0, 0.1) is 0 Å². The lowest BCUT2D eigenvalue weighted by Crippen LogP contribution is -2.12. The quantitative estimate of drug-likeness (QED) is 0.871. The number of ether oxygens (including phenoxy) is 2. The molecule has 1 N–H and O–H groups in total. The van der Waals surface area contributed by atoms with E-state index < -0.39 is 0 Å². The third-order valence-electron chi connectivity index (χ3n) is 2.65. The number of benzene rings is 1. The Bertz CT molecular complexity index is 614. The zero-order valence-electron chi connectivity index (χ0n) is 11.0. The first-order chi connectivity index (χ1) is 9.63. The summed E-state index contributed by atoms with van der Waals surface area (Å²) in [6, 6.07) is 8.57. The number of nitrogens with one attached hydrogen (secondary N) is 1. The number of carbonyl (C=O) groups is 1. The molecule has 0 spiro atoms. The van der Waals surface area contributed by atoms with Gasteiger partial charge in [-0.15, -0.1) is 0 Å². The third kappa shape index (κ3) is 3.27. The normalized spacial score (nSPS) is 9.95. The predicted octanol–water partition coefficient (Wildman–Crippen LogP) is 3.11. The molecule has 1 heterocycles. The van der Waals surface area contributed by atoms with Crippen LogP contribution in [0.5, 0.6) is 11.5 Å². The maximum Gasteiger partial charge on any atom is 0.257 e. The zero-order chi connectivity index (χ0) is 14.5. The third-order valence-corrected chi connectivity index (χ3v) is 3.12. The van der Waals surface area contributed by atoms with Crippen molar-refractivity contribution in [3.05, 3.63) is 46.7 Å². The maximum absolute atomic E-state index is 12.1. The molecule has 104 valence electrons. The van der Waals surface area contributed by atoms with Crippen LogP contribution < -0.4 is 14.8 Å². The van der Waals surface area contributed by atoms with Crippen LogP contribution in [0.25, 0.3) is 0 Å². The summed E-state index contributed by atoms with van der Waals surface area (Å²) in [5, 5.41) is 2.77. The van der Waals surface area contributed by atoms with Crippen molar-refractivity contribution in [3.63, 3.8) is 0 Å². The highest BCUT2D eigenvalue weighted by Crippen LogP contribution is 2.29. The van der Waals surface area contributed by atoms with Gasteiger partial charge in [0.05, 0.1) is 25.5 Å². The molecule has 1 aromatic carbocycles. The smallest absolute Gasteiger partial charge is 0.257 e. The first-order valence-electron chi connectivity index (χ1n) is 5.79. The molecule has 0 aliphatic heterocycles. The monoisotopic (exact) mass is 336 g/mol. The Balaban J connectivity index is 2.21. The van der Waals surface area contributed by atoms with Gasteiger partial charge in [-0.2, -0.15) is 0 Å². The molecule has 2 rings (SSSR count). The molecule has 0 aliphatic carbocycles. The molecule has 0 unspecified atom stereocenters. The van der Waals surface area contributed by atoms with Gasteiger partial charge in [0.15, 0.2) is 0 Å². The Labute approximate surface area is 125 Å². The molecule has 0 saturated heterocycles. The summed E-state index contributed by atoms with van der Waals surface area (Å²) >= 11 is 3.22. The molecule has 5 nitrogen and oxygen atoms in total. The minimum atomic E-state index is -0.256. The summed E-state index contributed by atoms with van der Waals surface area (Å²) in [7, 11) is 3.10. The number of pyridine rings is 1. The molecule has 0 bridgehead atoms. The lowest BCUT2D eigenvalue weighted by Gasteiger charge is -2.11. The fraction of sp³-hybridized carbons (Fsp3) is 0.143. The highest BCUT2D eigenvalue weighted by molar-refractivity contribution is 9.10. The van der Waals surface area contributed by atoms with E-state index in [1.165, 1.54) is 13.3 Å². The molecule has 1 amide bonds. The lowest BCUT2D eigenvalue weighted by atomic mass is 10.2. The number of amides is 1. The second kappa shape index (κ2) is 6.38. The van der Waals surface area contributed by atoms with Crippen molar-refractivity contribution in [1.29, 1.82) is 0 Å². The van der Waals surface area contributed by atoms with Gasteiger partial charge in [0.1, 0.15) is 16.1 Å². The van der Waals surface area contributed by atoms with E-state index in [-0.39, 0.29) is 5.91 Å². The van der Waals surface area contributed by atoms with E-state index in [4.69, 9.17) is 9.47 Å². The number of methoxy groups -OCH3 is 2. The van der Waals surface area contributed by atoms with E-state index in [2.05, 4.69) is 26.2 Å². The van der Waals surface area contributed by atoms with E-state index >= 15 is 0 Å². The Morgan fingerprint density at radius 2 is 2.00 bits per heavy atom. The number of hydrogen-bond acceptors (Lipinski definition) is 4. The van der Waals surface area contributed by atoms with E-state index in [9.17, 15) is 4.79 Å². The van der Waals surface area contributed by atoms with E-state index in [0.717, 1.165) is 0 Å². The number of carbonyl (C=O) groups excluding carboxylic acids is 1. The number of halogens is 1. The second-order valence-corrected chi connectivity index (χ2v) is 4.70. The fourth-order valence-corrected chi connectivity index (χ4v) is 1.84. The van der Waals surface area contributed by atoms with Crippen molar-refractivity contribution in [2.75, 3.05) is 19.5 Å². The van der Waals surface area contributed by atoms with Gasteiger partial charge in [-0.1, -0.05) is 0 Å². The minimum Gasteiger partial charge on any atom is -0.497 e. The van der Waals surface area contributed by atoms with Crippen LogP contribution in [-0.4, -0.2) is 25.1 Å². The average molecular weight is 337 g/mol. The highest BCUT2D eigenvalue weighted by atomic mass is 79.9. The summed E-state index contributed by atoms with van der Waals surface area (Å²) in [6.07, 6.45) is 1.50. The standard InChI is InChI=1S/C14H13BrN2O3/c1-19-10-4-5-11(12(7-10)20-2)17-14(18)9-3-6-13(15)16-8-9/h3-8H,1-2H3,(H,17,18). The van der Waals surface area contributed by atoms with Crippen molar-refractivity contribution < 1.29 is 14.3 Å². The predicted molar refractivity (Wildman–Crippen MR) is 79.4 cm³/mol. The van der Waals surface area contributed by atoms with E-state index in [0.29, 0.717) is 27.4 Å². The minimum absolute atomic E-state index is 0.256. The van der Waals surface area contributed by atoms with Crippen LogP contribution in [0.15, 0.2) is 41.1 Å².